The Kier molecular flexibility index (Phi) is 4.43. The summed E-state index contributed by atoms with van der Waals surface area (Å²) in [5, 5.41) is 11.7. The van der Waals surface area contributed by atoms with Gasteiger partial charge in [-0.25, -0.2) is 13.6 Å². The maximum absolute atomic E-state index is 13.7. The third kappa shape index (κ3) is 3.49. The van der Waals surface area contributed by atoms with Gasteiger partial charge >= 0.3 is 5.97 Å². The van der Waals surface area contributed by atoms with Crippen molar-refractivity contribution in [1.29, 1.82) is 0 Å². The predicted octanol–water partition coefficient (Wildman–Crippen LogP) is 4.49. The van der Waals surface area contributed by atoms with Gasteiger partial charge in [0, 0.05) is 6.04 Å². The van der Waals surface area contributed by atoms with E-state index in [1.807, 2.05) is 0 Å². The van der Waals surface area contributed by atoms with Crippen molar-refractivity contribution in [2.45, 2.75) is 13.0 Å². The summed E-state index contributed by atoms with van der Waals surface area (Å²) < 4.78 is 26.8. The molecule has 0 radical (unpaired) electrons. The van der Waals surface area contributed by atoms with Gasteiger partial charge in [-0.05, 0) is 42.8 Å². The third-order valence-corrected chi connectivity index (χ3v) is 3.32. The second-order valence-corrected chi connectivity index (χ2v) is 4.95. The summed E-state index contributed by atoms with van der Waals surface area (Å²) in [4.78, 5) is 10.9. The number of anilines is 1. The summed E-state index contributed by atoms with van der Waals surface area (Å²) in [6, 6.07) is 7.28. The van der Waals surface area contributed by atoms with Crippen molar-refractivity contribution in [3.63, 3.8) is 0 Å². The number of hydrogen-bond acceptors (Lipinski definition) is 2. The van der Waals surface area contributed by atoms with Crippen LogP contribution in [0, 0.1) is 11.6 Å². The van der Waals surface area contributed by atoms with Crippen LogP contribution < -0.4 is 5.32 Å². The summed E-state index contributed by atoms with van der Waals surface area (Å²) in [5.74, 6) is -2.25. The molecule has 0 fully saturated rings. The molecule has 2 aromatic carbocycles. The first-order chi connectivity index (χ1) is 9.88. The zero-order valence-electron chi connectivity index (χ0n) is 11.0. The van der Waals surface area contributed by atoms with Gasteiger partial charge < -0.3 is 10.4 Å². The molecule has 0 spiro atoms. The second kappa shape index (κ2) is 6.10. The summed E-state index contributed by atoms with van der Waals surface area (Å²) in [6.45, 7) is 1.73. The number of carboxylic acid groups (broad SMARTS) is 1. The van der Waals surface area contributed by atoms with Gasteiger partial charge in [0.15, 0.2) is 0 Å². The molecule has 1 unspecified atom stereocenters. The predicted molar refractivity (Wildman–Crippen MR) is 76.8 cm³/mol. The van der Waals surface area contributed by atoms with Crippen LogP contribution in [0.5, 0.6) is 0 Å². The minimum atomic E-state index is -1.14. The molecule has 0 aromatic heterocycles. The molecule has 0 aliphatic rings. The van der Waals surface area contributed by atoms with Gasteiger partial charge in [-0.3, -0.25) is 0 Å². The molecule has 0 aliphatic heterocycles. The van der Waals surface area contributed by atoms with Gasteiger partial charge in [-0.15, -0.1) is 0 Å². The summed E-state index contributed by atoms with van der Waals surface area (Å²) in [5.41, 5.74) is 0.688. The van der Waals surface area contributed by atoms with E-state index in [4.69, 9.17) is 16.7 Å². The van der Waals surface area contributed by atoms with Crippen molar-refractivity contribution in [2.75, 3.05) is 5.32 Å². The molecule has 2 aromatic rings. The number of hydrogen-bond donors (Lipinski definition) is 2. The molecule has 0 heterocycles. The van der Waals surface area contributed by atoms with E-state index >= 15 is 0 Å². The molecule has 110 valence electrons. The van der Waals surface area contributed by atoms with Crippen molar-refractivity contribution in [1.82, 2.24) is 0 Å². The molecule has 3 nitrogen and oxygen atoms in total. The van der Waals surface area contributed by atoms with Crippen molar-refractivity contribution >= 4 is 23.3 Å². The number of aromatic carboxylic acids is 1. The van der Waals surface area contributed by atoms with Crippen LogP contribution in [-0.4, -0.2) is 11.1 Å². The monoisotopic (exact) mass is 311 g/mol. The number of carboxylic acids is 1. The molecule has 2 rings (SSSR count). The smallest absolute Gasteiger partial charge is 0.335 e. The summed E-state index contributed by atoms with van der Waals surface area (Å²) in [7, 11) is 0. The first-order valence-electron chi connectivity index (χ1n) is 6.13. The van der Waals surface area contributed by atoms with Crippen molar-refractivity contribution in [3.8, 4) is 0 Å². The van der Waals surface area contributed by atoms with Crippen molar-refractivity contribution in [3.05, 3.63) is 64.2 Å². The topological polar surface area (TPSA) is 49.3 Å². The standard InChI is InChI=1S/C15H12ClF2NO2/c1-8(9-2-4-12(17)11(16)6-9)19-14-7-10(15(20)21)3-5-13(14)18/h2-8,19H,1H3,(H,20,21). The molecular formula is C15H12ClF2NO2. The quantitative estimate of drug-likeness (QED) is 0.874. The SMILES string of the molecule is CC(Nc1cc(C(=O)O)ccc1F)c1ccc(F)c(Cl)c1. The van der Waals surface area contributed by atoms with Gasteiger partial charge in [0.2, 0.25) is 0 Å². The molecule has 21 heavy (non-hydrogen) atoms. The van der Waals surface area contributed by atoms with Crippen LogP contribution in [0.25, 0.3) is 0 Å². The van der Waals surface area contributed by atoms with Crippen LogP contribution in [0.1, 0.15) is 28.9 Å². The highest BCUT2D eigenvalue weighted by molar-refractivity contribution is 6.30. The van der Waals surface area contributed by atoms with E-state index in [2.05, 4.69) is 5.32 Å². The minimum Gasteiger partial charge on any atom is -0.478 e. The van der Waals surface area contributed by atoms with E-state index in [0.29, 0.717) is 5.56 Å². The molecule has 2 N–H and O–H groups in total. The lowest BCUT2D eigenvalue weighted by Crippen LogP contribution is -2.09. The molecule has 1 atom stereocenters. The van der Waals surface area contributed by atoms with Crippen molar-refractivity contribution in [2.24, 2.45) is 0 Å². The molecule has 0 saturated carbocycles. The van der Waals surface area contributed by atoms with Gasteiger partial charge in [0.05, 0.1) is 16.3 Å². The van der Waals surface area contributed by atoms with E-state index in [1.54, 1.807) is 6.92 Å². The van der Waals surface area contributed by atoms with E-state index in [9.17, 15) is 13.6 Å². The maximum atomic E-state index is 13.7. The number of benzene rings is 2. The van der Waals surface area contributed by atoms with E-state index in [0.717, 1.165) is 6.07 Å². The summed E-state index contributed by atoms with van der Waals surface area (Å²) in [6.07, 6.45) is 0. The maximum Gasteiger partial charge on any atom is 0.335 e. The van der Waals surface area contributed by atoms with Gasteiger partial charge in [0.25, 0.3) is 0 Å². The third-order valence-electron chi connectivity index (χ3n) is 3.03. The Bertz CT molecular complexity index is 691. The van der Waals surface area contributed by atoms with Crippen molar-refractivity contribution < 1.29 is 18.7 Å². The molecule has 0 aliphatic carbocycles. The average Bonchev–Trinajstić information content (AvgIpc) is 2.43. The van der Waals surface area contributed by atoms with Crippen LogP contribution in [0.3, 0.4) is 0 Å². The first-order valence-corrected chi connectivity index (χ1v) is 6.50. The van der Waals surface area contributed by atoms with E-state index < -0.39 is 17.6 Å². The number of halogens is 3. The zero-order chi connectivity index (χ0) is 15.6. The lowest BCUT2D eigenvalue weighted by molar-refractivity contribution is 0.0697. The Balaban J connectivity index is 2.26. The van der Waals surface area contributed by atoms with Crippen LogP contribution >= 0.6 is 11.6 Å². The normalized spacial score (nSPS) is 12.0. The highest BCUT2D eigenvalue weighted by atomic mass is 35.5. The van der Waals surface area contributed by atoms with Crippen LogP contribution in [0.4, 0.5) is 14.5 Å². The van der Waals surface area contributed by atoms with Gasteiger partial charge in [-0.2, -0.15) is 0 Å². The second-order valence-electron chi connectivity index (χ2n) is 4.54. The minimum absolute atomic E-state index is 0.0248. The van der Waals surface area contributed by atoms with Crippen LogP contribution in [0.2, 0.25) is 5.02 Å². The highest BCUT2D eigenvalue weighted by Gasteiger charge is 2.13. The molecule has 6 heteroatoms. The van der Waals surface area contributed by atoms with Gasteiger partial charge in [-0.1, -0.05) is 17.7 Å². The highest BCUT2D eigenvalue weighted by Crippen LogP contribution is 2.25. The summed E-state index contributed by atoms with van der Waals surface area (Å²) >= 11 is 5.70. The van der Waals surface area contributed by atoms with Crippen LogP contribution in [-0.2, 0) is 0 Å². The Morgan fingerprint density at radius 1 is 1.19 bits per heavy atom. The number of carbonyl (C=O) groups is 1. The number of rotatable bonds is 4. The van der Waals surface area contributed by atoms with Crippen LogP contribution in [0.15, 0.2) is 36.4 Å². The zero-order valence-corrected chi connectivity index (χ0v) is 11.8. The Labute approximate surface area is 125 Å². The fraction of sp³-hybridized carbons (Fsp3) is 0.133. The van der Waals surface area contributed by atoms with E-state index in [1.165, 1.54) is 30.3 Å². The first kappa shape index (κ1) is 15.3. The number of nitrogens with one attached hydrogen (secondary N) is 1. The lowest BCUT2D eigenvalue weighted by atomic mass is 10.1. The fourth-order valence-electron chi connectivity index (χ4n) is 1.87. The Morgan fingerprint density at radius 2 is 1.86 bits per heavy atom. The Morgan fingerprint density at radius 3 is 2.48 bits per heavy atom. The lowest BCUT2D eigenvalue weighted by Gasteiger charge is -2.17. The van der Waals surface area contributed by atoms with E-state index in [-0.39, 0.29) is 22.3 Å². The Hall–Kier alpha value is -2.14. The molecule has 0 amide bonds. The van der Waals surface area contributed by atoms with Gasteiger partial charge in [0.1, 0.15) is 11.6 Å². The molecule has 0 bridgehead atoms. The molecular weight excluding hydrogens is 300 g/mol. The molecule has 0 saturated heterocycles. The largest absolute Gasteiger partial charge is 0.478 e. The fourth-order valence-corrected chi connectivity index (χ4v) is 2.06. The average molecular weight is 312 g/mol.